The number of para-hydroxylation sites is 1. The molecule has 1 fully saturated rings. The average Bonchev–Trinajstić information content (AvgIpc) is 3.02. The van der Waals surface area contributed by atoms with Gasteiger partial charge in [-0.1, -0.05) is 42.5 Å². The van der Waals surface area contributed by atoms with Crippen LogP contribution in [0.25, 0.3) is 10.8 Å². The SMILES string of the molecule is CC[N+]1=C(C=C2C(=O)C(Nc3ccccc3)C2=O)C(C)(C)c2c1ccc1ccccc21. The van der Waals surface area contributed by atoms with Crippen molar-refractivity contribution >= 4 is 39.4 Å². The number of hydrogen-bond donors (Lipinski definition) is 1. The number of ketones is 2. The van der Waals surface area contributed by atoms with Gasteiger partial charge in [-0.25, -0.2) is 0 Å². The fraction of sp³-hybridized carbons (Fsp3) is 0.222. The number of allylic oxidation sites excluding steroid dienone is 1. The second-order valence-corrected chi connectivity index (χ2v) is 8.67. The smallest absolute Gasteiger partial charge is 0.210 e. The highest BCUT2D eigenvalue weighted by Gasteiger charge is 2.49. The predicted octanol–water partition coefficient (Wildman–Crippen LogP) is 4.79. The molecule has 0 aromatic heterocycles. The first kappa shape index (κ1) is 19.4. The molecule has 0 spiro atoms. The Hall–Kier alpha value is -3.53. The molecule has 4 nitrogen and oxygen atoms in total. The molecule has 4 heteroatoms. The van der Waals surface area contributed by atoms with Crippen LogP contribution in [0.15, 0.2) is 78.4 Å². The first-order chi connectivity index (χ1) is 14.9. The van der Waals surface area contributed by atoms with E-state index in [0.717, 1.165) is 23.6 Å². The maximum Gasteiger partial charge on any atom is 0.210 e. The molecule has 1 N–H and O–H groups in total. The van der Waals surface area contributed by atoms with E-state index >= 15 is 0 Å². The van der Waals surface area contributed by atoms with Crippen LogP contribution in [0.3, 0.4) is 0 Å². The molecule has 1 heterocycles. The van der Waals surface area contributed by atoms with Crippen molar-refractivity contribution < 1.29 is 14.2 Å². The normalized spacial score (nSPS) is 19.5. The highest BCUT2D eigenvalue weighted by Crippen LogP contribution is 2.44. The van der Waals surface area contributed by atoms with E-state index in [1.54, 1.807) is 0 Å². The van der Waals surface area contributed by atoms with Gasteiger partial charge < -0.3 is 5.32 Å². The van der Waals surface area contributed by atoms with Gasteiger partial charge in [-0.05, 0) is 49.7 Å². The maximum atomic E-state index is 12.9. The van der Waals surface area contributed by atoms with Crippen molar-refractivity contribution in [3.05, 3.63) is 83.9 Å². The third-order valence-electron chi connectivity index (χ3n) is 6.49. The van der Waals surface area contributed by atoms with E-state index in [2.05, 4.69) is 61.0 Å². The van der Waals surface area contributed by atoms with Crippen molar-refractivity contribution in [3.8, 4) is 0 Å². The number of nitrogens with zero attached hydrogens (tertiary/aromatic N) is 1. The largest absolute Gasteiger partial charge is 0.369 e. The lowest BCUT2D eigenvalue weighted by Gasteiger charge is -2.28. The fourth-order valence-corrected chi connectivity index (χ4v) is 4.92. The molecule has 0 saturated heterocycles. The number of carbonyl (C=O) groups excluding carboxylic acids is 2. The zero-order valence-electron chi connectivity index (χ0n) is 18.0. The van der Waals surface area contributed by atoms with Crippen LogP contribution in [0.4, 0.5) is 11.4 Å². The van der Waals surface area contributed by atoms with E-state index in [1.165, 1.54) is 16.3 Å². The molecule has 0 bridgehead atoms. The third-order valence-corrected chi connectivity index (χ3v) is 6.49. The van der Waals surface area contributed by atoms with Crippen molar-refractivity contribution in [3.63, 3.8) is 0 Å². The van der Waals surface area contributed by atoms with E-state index in [9.17, 15) is 9.59 Å². The number of nitrogens with one attached hydrogen (secondary N) is 1. The van der Waals surface area contributed by atoms with E-state index in [-0.39, 0.29) is 22.6 Å². The van der Waals surface area contributed by atoms with Crippen LogP contribution in [0.5, 0.6) is 0 Å². The van der Waals surface area contributed by atoms with Gasteiger partial charge in [-0.2, -0.15) is 4.58 Å². The minimum Gasteiger partial charge on any atom is -0.369 e. The standard InChI is InChI=1S/C27H25N2O2/c1-4-29-21-15-14-17-10-8-9-13-19(17)23(21)27(2,3)22(29)16-20-25(30)24(26(20)31)28-18-11-6-5-7-12-18/h5-16,24,28H,4H2,1-3H3/q+1. The number of benzene rings is 3. The lowest BCUT2D eigenvalue weighted by molar-refractivity contribution is -0.433. The van der Waals surface area contributed by atoms with E-state index in [0.29, 0.717) is 0 Å². The van der Waals surface area contributed by atoms with Gasteiger partial charge in [0.15, 0.2) is 23.3 Å². The Bertz CT molecular complexity index is 1280. The van der Waals surface area contributed by atoms with Gasteiger partial charge in [0.25, 0.3) is 0 Å². The molecule has 0 radical (unpaired) electrons. The molecule has 5 rings (SSSR count). The summed E-state index contributed by atoms with van der Waals surface area (Å²) in [7, 11) is 0. The van der Waals surface area contributed by atoms with Gasteiger partial charge in [0.05, 0.1) is 11.0 Å². The summed E-state index contributed by atoms with van der Waals surface area (Å²) in [5.74, 6) is -0.289. The quantitative estimate of drug-likeness (QED) is 0.292. The summed E-state index contributed by atoms with van der Waals surface area (Å²) in [5.41, 5.74) is 4.13. The first-order valence-corrected chi connectivity index (χ1v) is 10.7. The second-order valence-electron chi connectivity index (χ2n) is 8.67. The van der Waals surface area contributed by atoms with Crippen LogP contribution in [-0.2, 0) is 15.0 Å². The lowest BCUT2D eigenvalue weighted by atomic mass is 9.75. The molecule has 154 valence electrons. The zero-order chi connectivity index (χ0) is 21.8. The highest BCUT2D eigenvalue weighted by molar-refractivity contribution is 6.44. The van der Waals surface area contributed by atoms with Crippen LogP contribution in [0.1, 0.15) is 26.3 Å². The number of Topliss-reactive ketones (excluding diaryl/α,β-unsaturated/α-hetero) is 2. The molecule has 1 aliphatic heterocycles. The van der Waals surface area contributed by atoms with Gasteiger partial charge >= 0.3 is 0 Å². The van der Waals surface area contributed by atoms with Crippen molar-refractivity contribution in [2.45, 2.75) is 32.2 Å². The van der Waals surface area contributed by atoms with Crippen LogP contribution < -0.4 is 5.32 Å². The zero-order valence-corrected chi connectivity index (χ0v) is 18.0. The topological polar surface area (TPSA) is 49.2 Å². The molecular weight excluding hydrogens is 384 g/mol. The Kier molecular flexibility index (Phi) is 4.40. The second kappa shape index (κ2) is 7.02. The summed E-state index contributed by atoms with van der Waals surface area (Å²) in [4.78, 5) is 25.7. The molecule has 3 aromatic carbocycles. The summed E-state index contributed by atoms with van der Waals surface area (Å²) < 4.78 is 2.23. The van der Waals surface area contributed by atoms with Gasteiger partial charge in [0, 0.05) is 23.4 Å². The molecule has 3 aromatic rings. The van der Waals surface area contributed by atoms with E-state index < -0.39 is 6.04 Å². The van der Waals surface area contributed by atoms with Gasteiger partial charge in [-0.3, -0.25) is 9.59 Å². The van der Waals surface area contributed by atoms with Gasteiger partial charge in [0.2, 0.25) is 5.69 Å². The molecule has 0 unspecified atom stereocenters. The van der Waals surface area contributed by atoms with E-state index in [1.807, 2.05) is 42.5 Å². The van der Waals surface area contributed by atoms with Crippen LogP contribution >= 0.6 is 0 Å². The van der Waals surface area contributed by atoms with Crippen molar-refractivity contribution in [1.29, 1.82) is 0 Å². The van der Waals surface area contributed by atoms with Crippen LogP contribution in [0, 0.1) is 0 Å². The summed E-state index contributed by atoms with van der Waals surface area (Å²) >= 11 is 0. The molecule has 0 atom stereocenters. The Labute approximate surface area is 181 Å². The van der Waals surface area contributed by atoms with Gasteiger partial charge in [0.1, 0.15) is 6.54 Å². The average molecular weight is 410 g/mol. The fourth-order valence-electron chi connectivity index (χ4n) is 4.92. The summed E-state index contributed by atoms with van der Waals surface area (Å²) in [6.07, 6.45) is 1.83. The number of carbonyl (C=O) groups is 2. The molecule has 1 saturated carbocycles. The Balaban J connectivity index is 1.54. The van der Waals surface area contributed by atoms with Crippen LogP contribution in [0.2, 0.25) is 0 Å². The number of fused-ring (bicyclic) bond motifs is 3. The molecular formula is C27H25N2O2+. The van der Waals surface area contributed by atoms with Crippen molar-refractivity contribution in [2.24, 2.45) is 0 Å². The van der Waals surface area contributed by atoms with Crippen molar-refractivity contribution in [2.75, 3.05) is 11.9 Å². The first-order valence-electron chi connectivity index (χ1n) is 10.7. The molecule has 1 aliphatic carbocycles. The monoisotopic (exact) mass is 409 g/mol. The predicted molar refractivity (Wildman–Crippen MR) is 124 cm³/mol. The Morgan fingerprint density at radius 1 is 0.935 bits per heavy atom. The number of hydrogen-bond acceptors (Lipinski definition) is 3. The summed E-state index contributed by atoms with van der Waals surface area (Å²) in [6, 6.07) is 21.3. The minimum absolute atomic E-state index is 0.144. The molecule has 2 aliphatic rings. The Morgan fingerprint density at radius 3 is 2.32 bits per heavy atom. The minimum atomic E-state index is -0.794. The number of anilines is 1. The molecule has 0 amide bonds. The number of rotatable bonds is 4. The summed E-state index contributed by atoms with van der Waals surface area (Å²) in [5, 5.41) is 5.47. The summed E-state index contributed by atoms with van der Waals surface area (Å²) in [6.45, 7) is 7.21. The third kappa shape index (κ3) is 2.86. The van der Waals surface area contributed by atoms with E-state index in [4.69, 9.17) is 0 Å². The van der Waals surface area contributed by atoms with Crippen molar-refractivity contribution in [1.82, 2.24) is 0 Å². The van der Waals surface area contributed by atoms with Gasteiger partial charge in [-0.15, -0.1) is 0 Å². The Morgan fingerprint density at radius 2 is 1.61 bits per heavy atom. The maximum absolute atomic E-state index is 12.9. The lowest BCUT2D eigenvalue weighted by Crippen LogP contribution is -2.52. The van der Waals surface area contributed by atoms with Crippen LogP contribution in [-0.4, -0.2) is 34.4 Å². The molecule has 31 heavy (non-hydrogen) atoms. The highest BCUT2D eigenvalue weighted by atomic mass is 16.2.